The van der Waals surface area contributed by atoms with Gasteiger partial charge in [0.05, 0.1) is 0 Å². The van der Waals surface area contributed by atoms with Gasteiger partial charge < -0.3 is 0 Å². The number of aromatic nitrogens is 2. The lowest BCUT2D eigenvalue weighted by Crippen LogP contribution is -1.92. The number of rotatable bonds is 2. The van der Waals surface area contributed by atoms with E-state index < -0.39 is 0 Å². The molecule has 2 heteroatoms. The van der Waals surface area contributed by atoms with E-state index in [1.165, 1.54) is 5.56 Å². The minimum Gasteiger partial charge on any atom is -0.264 e. The van der Waals surface area contributed by atoms with Gasteiger partial charge in [0.2, 0.25) is 0 Å². The van der Waals surface area contributed by atoms with E-state index in [2.05, 4.69) is 42.0 Å². The van der Waals surface area contributed by atoms with Crippen LogP contribution in [0.4, 0.5) is 0 Å². The molecular formula is C14H16N2. The lowest BCUT2D eigenvalue weighted by molar-refractivity contribution is 0.823. The molecule has 2 rings (SSSR count). The molecule has 0 saturated carbocycles. The first kappa shape index (κ1) is 10.8. The van der Waals surface area contributed by atoms with Gasteiger partial charge in [-0.25, -0.2) is 0 Å². The number of nitrogens with zero attached hydrogens (tertiary/aromatic N) is 2. The van der Waals surface area contributed by atoms with E-state index in [0.29, 0.717) is 5.92 Å². The Kier molecular flexibility index (Phi) is 3.00. The summed E-state index contributed by atoms with van der Waals surface area (Å²) < 4.78 is 0. The van der Waals surface area contributed by atoms with E-state index in [1.807, 2.05) is 25.5 Å². The zero-order chi connectivity index (χ0) is 11.5. The SMILES string of the molecule is Cc1cncc(-c2ccc(C(C)C)nc2)c1. The van der Waals surface area contributed by atoms with Crippen molar-refractivity contribution >= 4 is 0 Å². The van der Waals surface area contributed by atoms with E-state index in [4.69, 9.17) is 0 Å². The van der Waals surface area contributed by atoms with Gasteiger partial charge in [0.1, 0.15) is 0 Å². The van der Waals surface area contributed by atoms with Crippen LogP contribution >= 0.6 is 0 Å². The van der Waals surface area contributed by atoms with Crippen LogP contribution in [-0.4, -0.2) is 9.97 Å². The second-order valence-corrected chi connectivity index (χ2v) is 4.38. The van der Waals surface area contributed by atoms with Crippen LogP contribution in [0.1, 0.15) is 31.0 Å². The Balaban J connectivity index is 2.35. The van der Waals surface area contributed by atoms with Crippen LogP contribution in [0, 0.1) is 6.92 Å². The molecule has 2 aromatic heterocycles. The maximum absolute atomic E-state index is 4.46. The topological polar surface area (TPSA) is 25.8 Å². The fourth-order valence-corrected chi connectivity index (χ4v) is 1.63. The summed E-state index contributed by atoms with van der Waals surface area (Å²) >= 11 is 0. The first-order valence-electron chi connectivity index (χ1n) is 5.55. The first-order valence-corrected chi connectivity index (χ1v) is 5.55. The van der Waals surface area contributed by atoms with Gasteiger partial charge in [-0.05, 0) is 30.5 Å². The molecule has 0 spiro atoms. The molecule has 0 fully saturated rings. The van der Waals surface area contributed by atoms with Crippen molar-refractivity contribution in [3.8, 4) is 11.1 Å². The Morgan fingerprint density at radius 2 is 1.81 bits per heavy atom. The fraction of sp³-hybridized carbons (Fsp3) is 0.286. The summed E-state index contributed by atoms with van der Waals surface area (Å²) in [6.45, 7) is 6.35. The molecule has 0 aromatic carbocycles. The quantitative estimate of drug-likeness (QED) is 0.760. The second-order valence-electron chi connectivity index (χ2n) is 4.38. The third-order valence-electron chi connectivity index (χ3n) is 2.59. The van der Waals surface area contributed by atoms with Crippen molar-refractivity contribution < 1.29 is 0 Å². The van der Waals surface area contributed by atoms with E-state index in [1.54, 1.807) is 0 Å². The van der Waals surface area contributed by atoms with Crippen molar-refractivity contribution in [2.75, 3.05) is 0 Å². The Bertz CT molecular complexity index is 472. The van der Waals surface area contributed by atoms with Crippen molar-refractivity contribution in [3.05, 3.63) is 48.0 Å². The van der Waals surface area contributed by atoms with E-state index in [-0.39, 0.29) is 0 Å². The third kappa shape index (κ3) is 2.27. The average Bonchev–Trinajstić information content (AvgIpc) is 2.29. The maximum Gasteiger partial charge on any atom is 0.0429 e. The van der Waals surface area contributed by atoms with Crippen molar-refractivity contribution in [2.45, 2.75) is 26.7 Å². The summed E-state index contributed by atoms with van der Waals surface area (Å²) in [5.41, 5.74) is 4.55. The summed E-state index contributed by atoms with van der Waals surface area (Å²) in [4.78, 5) is 8.65. The standard InChI is InChI=1S/C14H16N2/c1-10(2)14-5-4-12(9-16-14)13-6-11(3)7-15-8-13/h4-10H,1-3H3. The number of aryl methyl sites for hydroxylation is 1. The maximum atomic E-state index is 4.46. The Labute approximate surface area is 96.4 Å². The molecule has 2 nitrogen and oxygen atoms in total. The van der Waals surface area contributed by atoms with Gasteiger partial charge in [-0.2, -0.15) is 0 Å². The zero-order valence-electron chi connectivity index (χ0n) is 9.94. The molecule has 0 unspecified atom stereocenters. The third-order valence-corrected chi connectivity index (χ3v) is 2.59. The molecule has 0 aliphatic heterocycles. The van der Waals surface area contributed by atoms with E-state index in [9.17, 15) is 0 Å². The smallest absolute Gasteiger partial charge is 0.0429 e. The average molecular weight is 212 g/mol. The summed E-state index contributed by atoms with van der Waals surface area (Å²) in [6.07, 6.45) is 5.66. The van der Waals surface area contributed by atoms with Crippen LogP contribution in [0.5, 0.6) is 0 Å². The predicted octanol–water partition coefficient (Wildman–Crippen LogP) is 3.58. The summed E-state index contributed by atoms with van der Waals surface area (Å²) in [7, 11) is 0. The number of hydrogen-bond acceptors (Lipinski definition) is 2. The molecule has 0 radical (unpaired) electrons. The highest BCUT2D eigenvalue weighted by Gasteiger charge is 2.02. The van der Waals surface area contributed by atoms with Gasteiger partial charge in [0.25, 0.3) is 0 Å². The van der Waals surface area contributed by atoms with E-state index in [0.717, 1.165) is 16.8 Å². The highest BCUT2D eigenvalue weighted by molar-refractivity contribution is 5.61. The molecule has 0 amide bonds. The van der Waals surface area contributed by atoms with Crippen molar-refractivity contribution in [1.29, 1.82) is 0 Å². The number of pyridine rings is 2. The van der Waals surface area contributed by atoms with Gasteiger partial charge in [-0.1, -0.05) is 19.9 Å². The molecule has 0 N–H and O–H groups in total. The highest BCUT2D eigenvalue weighted by atomic mass is 14.7. The minimum atomic E-state index is 0.477. The summed E-state index contributed by atoms with van der Waals surface area (Å²) in [5, 5.41) is 0. The molecule has 0 aliphatic rings. The Morgan fingerprint density at radius 3 is 2.38 bits per heavy atom. The van der Waals surface area contributed by atoms with Gasteiger partial charge in [-0.3, -0.25) is 9.97 Å². The molecule has 2 aromatic rings. The van der Waals surface area contributed by atoms with Crippen molar-refractivity contribution in [3.63, 3.8) is 0 Å². The van der Waals surface area contributed by atoms with Gasteiger partial charge in [-0.15, -0.1) is 0 Å². The van der Waals surface area contributed by atoms with Crippen molar-refractivity contribution in [2.24, 2.45) is 0 Å². The molecule has 0 atom stereocenters. The molecule has 0 aliphatic carbocycles. The Hall–Kier alpha value is -1.70. The highest BCUT2D eigenvalue weighted by Crippen LogP contribution is 2.20. The van der Waals surface area contributed by atoms with Crippen LogP contribution in [0.3, 0.4) is 0 Å². The number of hydrogen-bond donors (Lipinski definition) is 0. The molecule has 0 saturated heterocycles. The van der Waals surface area contributed by atoms with Crippen molar-refractivity contribution in [1.82, 2.24) is 9.97 Å². The van der Waals surface area contributed by atoms with Gasteiger partial charge in [0, 0.05) is 35.4 Å². The fourth-order valence-electron chi connectivity index (χ4n) is 1.63. The summed E-state index contributed by atoms with van der Waals surface area (Å²) in [6, 6.07) is 6.32. The molecule has 2 heterocycles. The van der Waals surface area contributed by atoms with Crippen LogP contribution < -0.4 is 0 Å². The largest absolute Gasteiger partial charge is 0.264 e. The van der Waals surface area contributed by atoms with Crippen LogP contribution in [-0.2, 0) is 0 Å². The molecule has 16 heavy (non-hydrogen) atoms. The lowest BCUT2D eigenvalue weighted by atomic mass is 10.1. The van der Waals surface area contributed by atoms with Gasteiger partial charge in [0.15, 0.2) is 0 Å². The lowest BCUT2D eigenvalue weighted by Gasteiger charge is -2.06. The Morgan fingerprint density at radius 1 is 1.00 bits per heavy atom. The predicted molar refractivity (Wildman–Crippen MR) is 66.3 cm³/mol. The van der Waals surface area contributed by atoms with Crippen LogP contribution in [0.15, 0.2) is 36.8 Å². The monoisotopic (exact) mass is 212 g/mol. The van der Waals surface area contributed by atoms with E-state index >= 15 is 0 Å². The molecule has 0 bridgehead atoms. The van der Waals surface area contributed by atoms with Crippen LogP contribution in [0.25, 0.3) is 11.1 Å². The minimum absolute atomic E-state index is 0.477. The zero-order valence-corrected chi connectivity index (χ0v) is 9.94. The van der Waals surface area contributed by atoms with Gasteiger partial charge >= 0.3 is 0 Å². The molecule has 82 valence electrons. The second kappa shape index (κ2) is 4.44. The first-order chi connectivity index (χ1) is 7.66. The summed E-state index contributed by atoms with van der Waals surface area (Å²) in [5.74, 6) is 0.477. The normalized spacial score (nSPS) is 10.8. The van der Waals surface area contributed by atoms with Crippen LogP contribution in [0.2, 0.25) is 0 Å². The molecular weight excluding hydrogens is 196 g/mol.